The minimum Gasteiger partial charge on any atom is -0.492 e. The number of ether oxygens (including phenoxy) is 1. The first-order valence-electron chi connectivity index (χ1n) is 7.18. The Morgan fingerprint density at radius 3 is 2.74 bits per heavy atom. The second kappa shape index (κ2) is 8.38. The molecule has 1 aromatic carbocycles. The summed E-state index contributed by atoms with van der Waals surface area (Å²) in [5, 5.41) is 7.70. The van der Waals surface area contributed by atoms with Gasteiger partial charge in [-0.1, -0.05) is 16.8 Å². The number of rotatable bonds is 6. The Balaban J connectivity index is 1.76. The second-order valence-corrected chi connectivity index (χ2v) is 5.29. The van der Waals surface area contributed by atoms with Crippen molar-refractivity contribution >= 4 is 17.6 Å². The third-order valence-electron chi connectivity index (χ3n) is 3.06. The number of hydrogen-bond acceptors (Lipinski definition) is 5. The topological polar surface area (TPSA) is 75.8 Å². The molecule has 2 aromatic rings. The lowest BCUT2D eigenvalue weighted by atomic mass is 10.3. The predicted molar refractivity (Wildman–Crippen MR) is 88.8 cm³/mol. The number of halogens is 1. The molecule has 0 aliphatic carbocycles. The largest absolute Gasteiger partial charge is 0.492 e. The zero-order valence-electron chi connectivity index (χ0n) is 13.4. The lowest BCUT2D eigenvalue weighted by Gasteiger charge is -2.21. The van der Waals surface area contributed by atoms with Crippen LogP contribution in [0.15, 0.2) is 33.8 Å². The van der Waals surface area contributed by atoms with Crippen molar-refractivity contribution in [2.45, 2.75) is 13.5 Å². The average Bonchev–Trinajstić information content (AvgIpc) is 2.95. The van der Waals surface area contributed by atoms with E-state index in [9.17, 15) is 0 Å². The van der Waals surface area contributed by atoms with Crippen LogP contribution < -0.4 is 10.1 Å². The van der Waals surface area contributed by atoms with Gasteiger partial charge in [-0.15, -0.1) is 0 Å². The number of nitrogens with one attached hydrogen (secondary N) is 1. The van der Waals surface area contributed by atoms with E-state index in [-0.39, 0.29) is 0 Å². The lowest BCUT2D eigenvalue weighted by molar-refractivity contribution is 0.281. The van der Waals surface area contributed by atoms with Gasteiger partial charge in [0.25, 0.3) is 0 Å². The Bertz CT molecular complexity index is 642. The van der Waals surface area contributed by atoms with E-state index in [4.69, 9.17) is 20.9 Å². The highest BCUT2D eigenvalue weighted by atomic mass is 35.5. The Kier molecular flexibility index (Phi) is 6.22. The Hall–Kier alpha value is -2.28. The maximum Gasteiger partial charge on any atom is 0.223 e. The van der Waals surface area contributed by atoms with Gasteiger partial charge in [0.05, 0.1) is 13.1 Å². The van der Waals surface area contributed by atoms with Crippen molar-refractivity contribution in [1.29, 1.82) is 0 Å². The van der Waals surface area contributed by atoms with Gasteiger partial charge in [0.1, 0.15) is 12.4 Å². The van der Waals surface area contributed by atoms with Crippen LogP contribution in [0.25, 0.3) is 0 Å². The minimum absolute atomic E-state index is 0.451. The molecule has 0 aliphatic heterocycles. The summed E-state index contributed by atoms with van der Waals surface area (Å²) in [6.07, 6.45) is 0. The zero-order chi connectivity index (χ0) is 16.7. The molecule has 0 amide bonds. The smallest absolute Gasteiger partial charge is 0.223 e. The molecule has 1 heterocycles. The van der Waals surface area contributed by atoms with Crippen LogP contribution in [0.5, 0.6) is 5.75 Å². The third kappa shape index (κ3) is 5.45. The highest BCUT2D eigenvalue weighted by Gasteiger charge is 2.08. The summed E-state index contributed by atoms with van der Waals surface area (Å²) < 4.78 is 10.6. The molecule has 8 heteroatoms. The predicted octanol–water partition coefficient (Wildman–Crippen LogP) is 2.12. The van der Waals surface area contributed by atoms with Crippen molar-refractivity contribution in [2.24, 2.45) is 4.99 Å². The van der Waals surface area contributed by atoms with E-state index in [1.165, 1.54) is 0 Å². The van der Waals surface area contributed by atoms with Gasteiger partial charge in [-0.2, -0.15) is 4.98 Å². The molecule has 0 fully saturated rings. The molecule has 0 saturated carbocycles. The van der Waals surface area contributed by atoms with Gasteiger partial charge in [0.15, 0.2) is 11.8 Å². The van der Waals surface area contributed by atoms with E-state index in [0.29, 0.717) is 36.4 Å². The molecular formula is C15H20ClN5O2. The normalized spacial score (nSPS) is 11.4. The van der Waals surface area contributed by atoms with E-state index < -0.39 is 0 Å². The van der Waals surface area contributed by atoms with Crippen molar-refractivity contribution in [3.05, 3.63) is 41.0 Å². The molecule has 124 valence electrons. The molecule has 0 spiro atoms. The van der Waals surface area contributed by atoms with E-state index in [2.05, 4.69) is 20.4 Å². The molecule has 0 atom stereocenters. The first kappa shape index (κ1) is 17.1. The maximum atomic E-state index is 5.84. The number of hydrogen-bond donors (Lipinski definition) is 1. The van der Waals surface area contributed by atoms with Crippen molar-refractivity contribution < 1.29 is 9.26 Å². The molecule has 1 N–H and O–H groups in total. The van der Waals surface area contributed by atoms with Crippen molar-refractivity contribution in [3.63, 3.8) is 0 Å². The van der Waals surface area contributed by atoms with Crippen LogP contribution in [0.1, 0.15) is 11.7 Å². The summed E-state index contributed by atoms with van der Waals surface area (Å²) in [5.74, 6) is 2.65. The number of nitrogens with zero attached hydrogens (tertiary/aromatic N) is 4. The summed E-state index contributed by atoms with van der Waals surface area (Å²) in [4.78, 5) is 10.3. The Morgan fingerprint density at radius 2 is 2.13 bits per heavy atom. The van der Waals surface area contributed by atoms with Crippen LogP contribution in [0.2, 0.25) is 5.02 Å². The van der Waals surface area contributed by atoms with Gasteiger partial charge in [0, 0.05) is 26.0 Å². The van der Waals surface area contributed by atoms with E-state index in [0.717, 1.165) is 11.7 Å². The van der Waals surface area contributed by atoms with Gasteiger partial charge in [-0.05, 0) is 24.3 Å². The fourth-order valence-electron chi connectivity index (χ4n) is 1.89. The van der Waals surface area contributed by atoms with Crippen LogP contribution in [0, 0.1) is 6.92 Å². The molecule has 23 heavy (non-hydrogen) atoms. The number of aliphatic imine (C=N–C) groups is 1. The Labute approximate surface area is 140 Å². The zero-order valence-corrected chi connectivity index (χ0v) is 14.2. The van der Waals surface area contributed by atoms with Crippen LogP contribution in [-0.4, -0.2) is 48.2 Å². The fraction of sp³-hybridized carbons (Fsp3) is 0.400. The van der Waals surface area contributed by atoms with Gasteiger partial charge >= 0.3 is 0 Å². The van der Waals surface area contributed by atoms with Crippen LogP contribution in [0.3, 0.4) is 0 Å². The molecule has 0 radical (unpaired) electrons. The summed E-state index contributed by atoms with van der Waals surface area (Å²) in [6, 6.07) is 7.28. The van der Waals surface area contributed by atoms with Crippen molar-refractivity contribution in [1.82, 2.24) is 20.4 Å². The quantitative estimate of drug-likeness (QED) is 0.642. The second-order valence-electron chi connectivity index (χ2n) is 4.85. The maximum absolute atomic E-state index is 5.84. The summed E-state index contributed by atoms with van der Waals surface area (Å²) in [7, 11) is 3.66. The molecule has 0 aliphatic rings. The first-order chi connectivity index (χ1) is 11.1. The minimum atomic E-state index is 0.451. The van der Waals surface area contributed by atoms with Crippen molar-refractivity contribution in [2.75, 3.05) is 27.2 Å². The van der Waals surface area contributed by atoms with Gasteiger partial charge < -0.3 is 19.5 Å². The molecular weight excluding hydrogens is 318 g/mol. The van der Waals surface area contributed by atoms with E-state index in [1.54, 1.807) is 26.1 Å². The van der Waals surface area contributed by atoms with Gasteiger partial charge in [-0.3, -0.25) is 4.99 Å². The van der Waals surface area contributed by atoms with Gasteiger partial charge in [0.2, 0.25) is 5.89 Å². The summed E-state index contributed by atoms with van der Waals surface area (Å²) in [5.41, 5.74) is 0. The van der Waals surface area contributed by atoms with E-state index >= 15 is 0 Å². The number of benzene rings is 1. The van der Waals surface area contributed by atoms with Crippen molar-refractivity contribution in [3.8, 4) is 5.75 Å². The highest BCUT2D eigenvalue weighted by molar-refractivity contribution is 6.30. The number of likely N-dealkylation sites (N-methyl/N-ethyl adjacent to an activating group) is 1. The van der Waals surface area contributed by atoms with Crippen LogP contribution in [-0.2, 0) is 6.54 Å². The SMILES string of the molecule is CN=C(NCc1noc(C)n1)N(C)CCOc1ccc(Cl)cc1. The summed E-state index contributed by atoms with van der Waals surface area (Å²) in [6.45, 7) is 3.41. The number of aryl methyl sites for hydroxylation is 1. The molecule has 7 nitrogen and oxygen atoms in total. The van der Waals surface area contributed by atoms with Crippen LogP contribution in [0.4, 0.5) is 0 Å². The fourth-order valence-corrected chi connectivity index (χ4v) is 2.02. The Morgan fingerprint density at radius 1 is 1.39 bits per heavy atom. The molecule has 2 rings (SSSR count). The summed E-state index contributed by atoms with van der Waals surface area (Å²) >= 11 is 5.84. The first-order valence-corrected chi connectivity index (χ1v) is 7.55. The lowest BCUT2D eigenvalue weighted by Crippen LogP contribution is -2.40. The monoisotopic (exact) mass is 337 g/mol. The number of aromatic nitrogens is 2. The molecule has 0 unspecified atom stereocenters. The molecule has 1 aromatic heterocycles. The van der Waals surface area contributed by atoms with Gasteiger partial charge in [-0.25, -0.2) is 0 Å². The third-order valence-corrected chi connectivity index (χ3v) is 3.31. The molecule has 0 saturated heterocycles. The van der Waals surface area contributed by atoms with E-state index in [1.807, 2.05) is 24.1 Å². The number of guanidine groups is 1. The standard InChI is InChI=1S/C15H20ClN5O2/c1-11-19-14(20-23-11)10-18-15(17-2)21(3)8-9-22-13-6-4-12(16)5-7-13/h4-7H,8-10H2,1-3H3,(H,17,18). The average molecular weight is 338 g/mol. The molecule has 0 bridgehead atoms. The van der Waals surface area contributed by atoms with Crippen LogP contribution >= 0.6 is 11.6 Å². The highest BCUT2D eigenvalue weighted by Crippen LogP contribution is 2.15.